The lowest BCUT2D eigenvalue weighted by atomic mass is 10.00. The molecular formula is C13H18ClF2NO2. The third kappa shape index (κ3) is 3.70. The molecule has 1 aromatic carbocycles. The van der Waals surface area contributed by atoms with E-state index in [0.717, 1.165) is 25.7 Å². The Balaban J connectivity index is 0.00000180. The Morgan fingerprint density at radius 3 is 2.68 bits per heavy atom. The predicted octanol–water partition coefficient (Wildman–Crippen LogP) is 4.01. The zero-order valence-electron chi connectivity index (χ0n) is 10.7. The number of benzene rings is 1. The fourth-order valence-corrected chi connectivity index (χ4v) is 2.05. The first-order chi connectivity index (χ1) is 8.53. The average molecular weight is 294 g/mol. The zero-order valence-corrected chi connectivity index (χ0v) is 11.5. The Kier molecular flexibility index (Phi) is 5.38. The summed E-state index contributed by atoms with van der Waals surface area (Å²) in [5.41, 5.74) is 6.60. The maximum Gasteiger partial charge on any atom is 0.586 e. The molecule has 19 heavy (non-hydrogen) atoms. The molecule has 0 spiro atoms. The standard InChI is InChI=1S/C13H17F2NO2.ClH/c1-2-3-4-7-10(16)9-6-5-8-11-12(9)18-13(14,15)17-11;/h5-6,8,10H,2-4,7,16H2,1H3;1H/t10-;/m0./s1. The Bertz CT molecular complexity index is 429. The summed E-state index contributed by atoms with van der Waals surface area (Å²) in [7, 11) is 0. The fourth-order valence-electron chi connectivity index (χ4n) is 2.05. The minimum Gasteiger partial charge on any atom is -0.395 e. The van der Waals surface area contributed by atoms with E-state index in [1.54, 1.807) is 12.1 Å². The number of nitrogens with two attached hydrogens (primary N) is 1. The van der Waals surface area contributed by atoms with Crippen LogP contribution in [0.4, 0.5) is 8.78 Å². The minimum atomic E-state index is -3.58. The molecule has 0 saturated heterocycles. The Morgan fingerprint density at radius 1 is 1.26 bits per heavy atom. The van der Waals surface area contributed by atoms with E-state index in [1.165, 1.54) is 6.07 Å². The van der Waals surface area contributed by atoms with Gasteiger partial charge in [-0.1, -0.05) is 38.3 Å². The summed E-state index contributed by atoms with van der Waals surface area (Å²) >= 11 is 0. The van der Waals surface area contributed by atoms with Crippen LogP contribution < -0.4 is 15.2 Å². The monoisotopic (exact) mass is 293 g/mol. The van der Waals surface area contributed by atoms with Crippen LogP contribution in [0.3, 0.4) is 0 Å². The van der Waals surface area contributed by atoms with Crippen molar-refractivity contribution in [2.45, 2.75) is 44.9 Å². The van der Waals surface area contributed by atoms with Crippen molar-refractivity contribution in [3.8, 4) is 11.5 Å². The summed E-state index contributed by atoms with van der Waals surface area (Å²) < 4.78 is 34.9. The number of unbranched alkanes of at least 4 members (excludes halogenated alkanes) is 2. The van der Waals surface area contributed by atoms with E-state index >= 15 is 0 Å². The van der Waals surface area contributed by atoms with Crippen LogP contribution in [0, 0.1) is 0 Å². The summed E-state index contributed by atoms with van der Waals surface area (Å²) in [6, 6.07) is 4.51. The lowest BCUT2D eigenvalue weighted by molar-refractivity contribution is -0.287. The van der Waals surface area contributed by atoms with Crippen molar-refractivity contribution >= 4 is 12.4 Å². The molecule has 0 unspecified atom stereocenters. The van der Waals surface area contributed by atoms with Gasteiger partial charge in [0.1, 0.15) is 0 Å². The average Bonchev–Trinajstić information content (AvgIpc) is 2.62. The highest BCUT2D eigenvalue weighted by atomic mass is 35.5. The van der Waals surface area contributed by atoms with Gasteiger partial charge in [0.2, 0.25) is 0 Å². The number of hydrogen-bond acceptors (Lipinski definition) is 3. The van der Waals surface area contributed by atoms with Gasteiger partial charge < -0.3 is 15.2 Å². The molecule has 0 saturated carbocycles. The van der Waals surface area contributed by atoms with Gasteiger partial charge in [0.05, 0.1) is 0 Å². The van der Waals surface area contributed by atoms with Crippen molar-refractivity contribution in [3.63, 3.8) is 0 Å². The van der Waals surface area contributed by atoms with Crippen molar-refractivity contribution in [1.29, 1.82) is 0 Å². The van der Waals surface area contributed by atoms with Gasteiger partial charge in [-0.25, -0.2) is 0 Å². The smallest absolute Gasteiger partial charge is 0.395 e. The molecule has 0 fully saturated rings. The first kappa shape index (κ1) is 16.0. The number of halogens is 3. The van der Waals surface area contributed by atoms with Crippen molar-refractivity contribution in [2.24, 2.45) is 5.73 Å². The Labute approximate surface area is 117 Å². The topological polar surface area (TPSA) is 44.5 Å². The van der Waals surface area contributed by atoms with Crippen LogP contribution in [-0.2, 0) is 0 Å². The van der Waals surface area contributed by atoms with Crippen molar-refractivity contribution in [3.05, 3.63) is 23.8 Å². The molecule has 0 bridgehead atoms. The van der Waals surface area contributed by atoms with Gasteiger partial charge in [-0.3, -0.25) is 0 Å². The zero-order chi connectivity index (χ0) is 13.2. The van der Waals surface area contributed by atoms with Gasteiger partial charge in [-0.2, -0.15) is 0 Å². The number of fused-ring (bicyclic) bond motifs is 1. The van der Waals surface area contributed by atoms with Crippen LogP contribution in [0.15, 0.2) is 18.2 Å². The fraction of sp³-hybridized carbons (Fsp3) is 0.538. The third-order valence-corrected chi connectivity index (χ3v) is 2.98. The molecule has 108 valence electrons. The SMILES string of the molecule is CCCCC[C@H](N)c1cccc2c1OC(F)(F)O2.Cl. The van der Waals surface area contributed by atoms with Crippen molar-refractivity contribution in [2.75, 3.05) is 0 Å². The van der Waals surface area contributed by atoms with E-state index in [2.05, 4.69) is 16.4 Å². The summed E-state index contributed by atoms with van der Waals surface area (Å²) in [6.45, 7) is 2.10. The molecule has 1 heterocycles. The Hall–Kier alpha value is -1.07. The first-order valence-corrected chi connectivity index (χ1v) is 6.18. The van der Waals surface area contributed by atoms with Gasteiger partial charge >= 0.3 is 6.29 Å². The van der Waals surface area contributed by atoms with Crippen LogP contribution in [-0.4, -0.2) is 6.29 Å². The largest absolute Gasteiger partial charge is 0.586 e. The molecule has 0 amide bonds. The molecular weight excluding hydrogens is 276 g/mol. The Morgan fingerprint density at radius 2 is 2.00 bits per heavy atom. The highest BCUT2D eigenvalue weighted by molar-refractivity contribution is 5.85. The van der Waals surface area contributed by atoms with Gasteiger partial charge in [0, 0.05) is 11.6 Å². The number of ether oxygens (including phenoxy) is 2. The van der Waals surface area contributed by atoms with E-state index in [-0.39, 0.29) is 29.9 Å². The molecule has 0 radical (unpaired) electrons. The van der Waals surface area contributed by atoms with Gasteiger partial charge in [-0.05, 0) is 12.5 Å². The van der Waals surface area contributed by atoms with Crippen molar-refractivity contribution in [1.82, 2.24) is 0 Å². The van der Waals surface area contributed by atoms with E-state index in [0.29, 0.717) is 5.56 Å². The number of para-hydroxylation sites is 1. The van der Waals surface area contributed by atoms with Crippen LogP contribution in [0.5, 0.6) is 11.5 Å². The second-order valence-electron chi connectivity index (χ2n) is 4.44. The molecule has 1 aliphatic heterocycles. The highest BCUT2D eigenvalue weighted by Crippen LogP contribution is 2.45. The second kappa shape index (κ2) is 6.39. The molecule has 2 N–H and O–H groups in total. The molecule has 3 nitrogen and oxygen atoms in total. The summed E-state index contributed by atoms with van der Waals surface area (Å²) in [4.78, 5) is 0. The lowest BCUT2D eigenvalue weighted by Crippen LogP contribution is -2.26. The number of rotatable bonds is 5. The number of hydrogen-bond donors (Lipinski definition) is 1. The van der Waals surface area contributed by atoms with Gasteiger partial charge in [0.15, 0.2) is 11.5 Å². The maximum absolute atomic E-state index is 13.0. The maximum atomic E-state index is 13.0. The molecule has 0 aliphatic carbocycles. The molecule has 2 rings (SSSR count). The van der Waals surface area contributed by atoms with Crippen LogP contribution in [0.25, 0.3) is 0 Å². The summed E-state index contributed by atoms with van der Waals surface area (Å²) in [5.74, 6) is 0.134. The van der Waals surface area contributed by atoms with Crippen LogP contribution >= 0.6 is 12.4 Å². The quantitative estimate of drug-likeness (QED) is 0.834. The number of alkyl halides is 2. The third-order valence-electron chi connectivity index (χ3n) is 2.98. The normalized spacial score (nSPS) is 16.8. The van der Waals surface area contributed by atoms with Gasteiger partial charge in [-0.15, -0.1) is 21.2 Å². The van der Waals surface area contributed by atoms with Crippen LogP contribution in [0.1, 0.15) is 44.2 Å². The summed E-state index contributed by atoms with van der Waals surface area (Å²) in [6.07, 6.45) is 0.312. The van der Waals surface area contributed by atoms with E-state index in [9.17, 15) is 8.78 Å². The molecule has 0 aromatic heterocycles. The van der Waals surface area contributed by atoms with Crippen molar-refractivity contribution < 1.29 is 18.3 Å². The summed E-state index contributed by atoms with van der Waals surface area (Å²) in [5, 5.41) is 0. The van der Waals surface area contributed by atoms with E-state index in [1.807, 2.05) is 0 Å². The van der Waals surface area contributed by atoms with Crippen LogP contribution in [0.2, 0.25) is 0 Å². The van der Waals surface area contributed by atoms with E-state index in [4.69, 9.17) is 5.73 Å². The first-order valence-electron chi connectivity index (χ1n) is 6.18. The van der Waals surface area contributed by atoms with Gasteiger partial charge in [0.25, 0.3) is 0 Å². The molecule has 6 heteroatoms. The molecule has 1 atom stereocenters. The predicted molar refractivity (Wildman–Crippen MR) is 71.0 cm³/mol. The second-order valence-corrected chi connectivity index (χ2v) is 4.44. The highest BCUT2D eigenvalue weighted by Gasteiger charge is 2.44. The van der Waals surface area contributed by atoms with E-state index < -0.39 is 6.29 Å². The molecule has 1 aliphatic rings. The minimum absolute atomic E-state index is 0. The lowest BCUT2D eigenvalue weighted by Gasteiger charge is -2.14. The molecule has 1 aromatic rings.